The van der Waals surface area contributed by atoms with Gasteiger partial charge in [0.1, 0.15) is 11.5 Å². The van der Waals surface area contributed by atoms with Crippen LogP contribution < -0.4 is 5.32 Å². The fraction of sp³-hybridized carbons (Fsp3) is 0.353. The summed E-state index contributed by atoms with van der Waals surface area (Å²) in [5.41, 5.74) is 0.615. The number of anilines is 2. The molecule has 2 heterocycles. The molecule has 6 nitrogen and oxygen atoms in total. The van der Waals surface area contributed by atoms with E-state index in [-0.39, 0.29) is 11.6 Å². The first kappa shape index (κ1) is 17.2. The van der Waals surface area contributed by atoms with E-state index in [2.05, 4.69) is 27.1 Å². The van der Waals surface area contributed by atoms with Gasteiger partial charge >= 0.3 is 0 Å². The van der Waals surface area contributed by atoms with E-state index in [9.17, 15) is 13.6 Å². The number of likely N-dealkylation sites (N-methyl/N-ethyl adjacent to an activating group) is 1. The van der Waals surface area contributed by atoms with Crippen molar-refractivity contribution in [1.29, 1.82) is 0 Å². The average molecular weight is 347 g/mol. The first-order valence-corrected chi connectivity index (χ1v) is 8.12. The number of nitrogens with zero attached hydrogens (tertiary/aromatic N) is 4. The van der Waals surface area contributed by atoms with Gasteiger partial charge in [0, 0.05) is 37.9 Å². The number of halogens is 2. The van der Waals surface area contributed by atoms with Gasteiger partial charge in [-0.2, -0.15) is 0 Å². The number of benzene rings is 1. The molecule has 0 atom stereocenters. The zero-order valence-corrected chi connectivity index (χ0v) is 13.9. The van der Waals surface area contributed by atoms with Gasteiger partial charge in [0.2, 0.25) is 0 Å². The third kappa shape index (κ3) is 4.08. The van der Waals surface area contributed by atoms with E-state index >= 15 is 0 Å². The number of aromatic nitrogens is 2. The molecule has 1 aliphatic heterocycles. The highest BCUT2D eigenvalue weighted by atomic mass is 19.2. The molecular formula is C17H19F2N5O. The van der Waals surface area contributed by atoms with E-state index in [0.29, 0.717) is 24.6 Å². The molecule has 1 fully saturated rings. The van der Waals surface area contributed by atoms with E-state index in [4.69, 9.17) is 0 Å². The molecule has 1 aliphatic rings. The number of hydrogen-bond donors (Lipinski definition) is 1. The van der Waals surface area contributed by atoms with Crippen molar-refractivity contribution in [3.05, 3.63) is 47.9 Å². The molecule has 1 N–H and O–H groups in total. The van der Waals surface area contributed by atoms with Crippen LogP contribution in [-0.2, 0) is 0 Å². The molecule has 0 radical (unpaired) electrons. The Labute approximate surface area is 144 Å². The molecule has 1 saturated heterocycles. The van der Waals surface area contributed by atoms with Gasteiger partial charge in [-0.25, -0.2) is 18.7 Å². The zero-order chi connectivity index (χ0) is 17.8. The first-order valence-electron chi connectivity index (χ1n) is 8.12. The summed E-state index contributed by atoms with van der Waals surface area (Å²) in [4.78, 5) is 24.7. The molecule has 25 heavy (non-hydrogen) atoms. The van der Waals surface area contributed by atoms with Crippen LogP contribution in [0, 0.1) is 11.6 Å². The summed E-state index contributed by atoms with van der Waals surface area (Å²) in [5.74, 6) is -1.67. The average Bonchev–Trinajstić information content (AvgIpc) is 2.65. The first-order chi connectivity index (χ1) is 12.1. The number of amides is 1. The smallest absolute Gasteiger partial charge is 0.274 e. The fourth-order valence-electron chi connectivity index (χ4n) is 2.65. The van der Waals surface area contributed by atoms with Crippen LogP contribution in [0.1, 0.15) is 17.4 Å². The summed E-state index contributed by atoms with van der Waals surface area (Å²) in [6, 6.07) is 3.45. The Kier molecular flexibility index (Phi) is 5.18. The van der Waals surface area contributed by atoms with Crippen molar-refractivity contribution in [3.63, 3.8) is 0 Å². The molecule has 8 heteroatoms. The highest BCUT2D eigenvalue weighted by Gasteiger charge is 2.22. The minimum atomic E-state index is -0.948. The van der Waals surface area contributed by atoms with E-state index in [1.807, 2.05) is 0 Å². The standard InChI is InChI=1S/C17H19F2N5O/c1-2-23-5-7-24(8-6-23)17(25)15-10-21-16(11-20-15)22-12-3-4-13(18)14(19)9-12/h3-4,9-11H,2,5-8H2,1H3,(H,21,22). The Hall–Kier alpha value is -2.61. The van der Waals surface area contributed by atoms with Crippen LogP contribution in [0.25, 0.3) is 0 Å². The lowest BCUT2D eigenvalue weighted by Crippen LogP contribution is -2.48. The molecule has 0 saturated carbocycles. The lowest BCUT2D eigenvalue weighted by Gasteiger charge is -2.33. The lowest BCUT2D eigenvalue weighted by molar-refractivity contribution is 0.0637. The highest BCUT2D eigenvalue weighted by Crippen LogP contribution is 2.17. The Bertz CT molecular complexity index is 745. The van der Waals surface area contributed by atoms with Crippen molar-refractivity contribution < 1.29 is 13.6 Å². The third-order valence-electron chi connectivity index (χ3n) is 4.17. The lowest BCUT2D eigenvalue weighted by atomic mass is 10.3. The van der Waals surface area contributed by atoms with Gasteiger partial charge in [-0.1, -0.05) is 6.92 Å². The number of carbonyl (C=O) groups is 1. The summed E-state index contributed by atoms with van der Waals surface area (Å²) in [7, 11) is 0. The van der Waals surface area contributed by atoms with Crippen molar-refractivity contribution in [2.24, 2.45) is 0 Å². The SMILES string of the molecule is CCN1CCN(C(=O)c2cnc(Nc3ccc(F)c(F)c3)cn2)CC1. The van der Waals surface area contributed by atoms with E-state index in [0.717, 1.165) is 31.8 Å². The van der Waals surface area contributed by atoms with E-state index < -0.39 is 11.6 Å². The second kappa shape index (κ2) is 7.52. The van der Waals surface area contributed by atoms with Gasteiger partial charge in [0.25, 0.3) is 5.91 Å². The normalized spacial score (nSPS) is 15.2. The van der Waals surface area contributed by atoms with Crippen molar-refractivity contribution in [1.82, 2.24) is 19.8 Å². The maximum atomic E-state index is 13.2. The van der Waals surface area contributed by atoms with E-state index in [1.54, 1.807) is 4.90 Å². The van der Waals surface area contributed by atoms with E-state index in [1.165, 1.54) is 18.5 Å². The van der Waals surface area contributed by atoms with Crippen molar-refractivity contribution >= 4 is 17.4 Å². The van der Waals surface area contributed by atoms with Crippen LogP contribution in [0.4, 0.5) is 20.3 Å². The monoisotopic (exact) mass is 347 g/mol. The van der Waals surface area contributed by atoms with Crippen LogP contribution in [0.3, 0.4) is 0 Å². The Morgan fingerprint density at radius 2 is 1.88 bits per heavy atom. The van der Waals surface area contributed by atoms with Gasteiger partial charge < -0.3 is 15.1 Å². The molecule has 1 aromatic heterocycles. The van der Waals surface area contributed by atoms with Crippen molar-refractivity contribution in [2.75, 3.05) is 38.0 Å². The number of nitrogens with one attached hydrogen (secondary N) is 1. The van der Waals surface area contributed by atoms with Crippen molar-refractivity contribution in [3.8, 4) is 0 Å². The summed E-state index contributed by atoms with van der Waals surface area (Å²) < 4.78 is 26.1. The number of carbonyl (C=O) groups excluding carboxylic acids is 1. The fourth-order valence-corrected chi connectivity index (χ4v) is 2.65. The molecule has 132 valence electrons. The van der Waals surface area contributed by atoms with Crippen LogP contribution in [0.2, 0.25) is 0 Å². The molecular weight excluding hydrogens is 328 g/mol. The van der Waals surface area contributed by atoms with Crippen LogP contribution in [-0.4, -0.2) is 58.4 Å². The highest BCUT2D eigenvalue weighted by molar-refractivity contribution is 5.92. The quantitative estimate of drug-likeness (QED) is 0.919. The Balaban J connectivity index is 1.63. The zero-order valence-electron chi connectivity index (χ0n) is 13.9. The predicted octanol–water partition coefficient (Wildman–Crippen LogP) is 2.28. The third-order valence-corrected chi connectivity index (χ3v) is 4.17. The summed E-state index contributed by atoms with van der Waals surface area (Å²) in [6.07, 6.45) is 2.79. The Morgan fingerprint density at radius 1 is 1.12 bits per heavy atom. The molecule has 0 aliphatic carbocycles. The molecule has 2 aromatic rings. The Morgan fingerprint density at radius 3 is 2.48 bits per heavy atom. The number of rotatable bonds is 4. The maximum Gasteiger partial charge on any atom is 0.274 e. The van der Waals surface area contributed by atoms with Gasteiger partial charge in [-0.05, 0) is 18.7 Å². The van der Waals surface area contributed by atoms with Crippen LogP contribution in [0.15, 0.2) is 30.6 Å². The van der Waals surface area contributed by atoms with Gasteiger partial charge in [0.05, 0.1) is 12.4 Å². The second-order valence-corrected chi connectivity index (χ2v) is 5.77. The maximum absolute atomic E-state index is 13.2. The summed E-state index contributed by atoms with van der Waals surface area (Å²) in [6.45, 7) is 6.12. The second-order valence-electron chi connectivity index (χ2n) is 5.77. The van der Waals surface area contributed by atoms with Gasteiger partial charge in [-0.15, -0.1) is 0 Å². The largest absolute Gasteiger partial charge is 0.339 e. The predicted molar refractivity (Wildman–Crippen MR) is 89.7 cm³/mol. The topological polar surface area (TPSA) is 61.4 Å². The number of hydrogen-bond acceptors (Lipinski definition) is 5. The number of piperazine rings is 1. The van der Waals surface area contributed by atoms with Crippen molar-refractivity contribution in [2.45, 2.75) is 6.92 Å². The minimum absolute atomic E-state index is 0.150. The van der Waals surface area contributed by atoms with Gasteiger partial charge in [0.15, 0.2) is 11.6 Å². The molecule has 1 aromatic carbocycles. The summed E-state index contributed by atoms with van der Waals surface area (Å²) >= 11 is 0. The molecule has 1 amide bonds. The van der Waals surface area contributed by atoms with Crippen LogP contribution in [0.5, 0.6) is 0 Å². The molecule has 0 bridgehead atoms. The minimum Gasteiger partial charge on any atom is -0.339 e. The summed E-state index contributed by atoms with van der Waals surface area (Å²) in [5, 5.41) is 2.82. The molecule has 0 unspecified atom stereocenters. The van der Waals surface area contributed by atoms with Gasteiger partial charge in [-0.3, -0.25) is 4.79 Å². The molecule has 0 spiro atoms. The van der Waals surface area contributed by atoms with Crippen LogP contribution >= 0.6 is 0 Å². The molecule has 3 rings (SSSR count).